The Morgan fingerprint density at radius 2 is 2.04 bits per heavy atom. The second-order valence-electron chi connectivity index (χ2n) is 4.84. The largest absolute Gasteiger partial charge is 0.279 e. The molecule has 1 heterocycles. The molecular formula is C17H9N3O3S. The topological polar surface area (TPSA) is 96.9 Å². The second kappa shape index (κ2) is 6.40. The summed E-state index contributed by atoms with van der Waals surface area (Å²) >= 11 is 1.23. The number of allylic oxidation sites excluding steroid dienone is 1. The third kappa shape index (κ3) is 3.04. The van der Waals surface area contributed by atoms with E-state index in [1.54, 1.807) is 30.3 Å². The van der Waals surface area contributed by atoms with Gasteiger partial charge in [0.2, 0.25) is 0 Å². The SMILES string of the molecule is N#CC(=Cc1cccc([N+](=O)[O-])c1)c1nc(=O)c2ccccc2s1. The van der Waals surface area contributed by atoms with Gasteiger partial charge in [0.1, 0.15) is 11.1 Å². The van der Waals surface area contributed by atoms with Crippen molar-refractivity contribution < 1.29 is 4.92 Å². The van der Waals surface area contributed by atoms with E-state index in [0.717, 1.165) is 4.70 Å². The number of rotatable bonds is 3. The number of fused-ring (bicyclic) bond motifs is 1. The first-order valence-corrected chi connectivity index (χ1v) is 7.66. The Kier molecular flexibility index (Phi) is 4.14. The van der Waals surface area contributed by atoms with Gasteiger partial charge in [0.15, 0.2) is 0 Å². The zero-order chi connectivity index (χ0) is 17.1. The minimum atomic E-state index is -0.504. The standard InChI is InChI=1S/C17H9N3O3S/c18-10-12(8-11-4-3-5-13(9-11)20(22)23)17-19-16(21)14-6-1-2-7-15(14)24-17/h1-9H. The third-order valence-electron chi connectivity index (χ3n) is 3.27. The van der Waals surface area contributed by atoms with Gasteiger partial charge in [-0.3, -0.25) is 14.9 Å². The summed E-state index contributed by atoms with van der Waals surface area (Å²) in [6.07, 6.45) is 1.49. The summed E-state index contributed by atoms with van der Waals surface area (Å²) in [5.41, 5.74) is 0.207. The molecule has 0 aliphatic heterocycles. The van der Waals surface area contributed by atoms with E-state index in [4.69, 9.17) is 0 Å². The van der Waals surface area contributed by atoms with Crippen LogP contribution in [0.25, 0.3) is 21.7 Å². The van der Waals surface area contributed by atoms with Gasteiger partial charge in [-0.2, -0.15) is 10.2 Å². The molecule has 0 radical (unpaired) electrons. The molecular weight excluding hydrogens is 326 g/mol. The van der Waals surface area contributed by atoms with Crippen molar-refractivity contribution in [3.05, 3.63) is 79.6 Å². The molecule has 3 rings (SSSR count). The molecule has 0 bridgehead atoms. The van der Waals surface area contributed by atoms with Crippen molar-refractivity contribution >= 4 is 38.8 Å². The normalized spacial score (nSPS) is 11.2. The van der Waals surface area contributed by atoms with E-state index >= 15 is 0 Å². The Labute approximate surface area is 140 Å². The van der Waals surface area contributed by atoms with Crippen molar-refractivity contribution in [3.8, 4) is 6.07 Å². The van der Waals surface area contributed by atoms with Gasteiger partial charge < -0.3 is 0 Å². The van der Waals surface area contributed by atoms with Crippen LogP contribution in [-0.4, -0.2) is 9.91 Å². The van der Waals surface area contributed by atoms with Crippen LogP contribution in [0.15, 0.2) is 53.3 Å². The van der Waals surface area contributed by atoms with E-state index in [0.29, 0.717) is 10.9 Å². The molecule has 0 N–H and O–H groups in total. The molecule has 0 aliphatic carbocycles. The van der Waals surface area contributed by atoms with Crippen molar-refractivity contribution in [2.45, 2.75) is 0 Å². The van der Waals surface area contributed by atoms with Crippen molar-refractivity contribution in [3.63, 3.8) is 0 Å². The number of benzene rings is 2. The molecule has 0 fully saturated rings. The zero-order valence-corrected chi connectivity index (χ0v) is 13.0. The summed E-state index contributed by atoms with van der Waals surface area (Å²) < 4.78 is 0.729. The van der Waals surface area contributed by atoms with Gasteiger partial charge in [0, 0.05) is 16.8 Å². The summed E-state index contributed by atoms with van der Waals surface area (Å²) in [7, 11) is 0. The molecule has 0 spiro atoms. The minimum Gasteiger partial charge on any atom is -0.267 e. The van der Waals surface area contributed by atoms with Crippen LogP contribution < -0.4 is 5.56 Å². The Morgan fingerprint density at radius 1 is 1.25 bits per heavy atom. The fourth-order valence-corrected chi connectivity index (χ4v) is 3.13. The van der Waals surface area contributed by atoms with Gasteiger partial charge in [-0.15, -0.1) is 11.3 Å². The molecule has 2 aromatic carbocycles. The van der Waals surface area contributed by atoms with Crippen molar-refractivity contribution in [1.82, 2.24) is 4.98 Å². The lowest BCUT2D eigenvalue weighted by Crippen LogP contribution is -2.07. The van der Waals surface area contributed by atoms with E-state index < -0.39 is 10.5 Å². The number of nitriles is 1. The van der Waals surface area contributed by atoms with Crippen LogP contribution in [0.3, 0.4) is 0 Å². The quantitative estimate of drug-likeness (QED) is 0.413. The Bertz CT molecular complexity index is 1080. The fraction of sp³-hybridized carbons (Fsp3) is 0. The van der Waals surface area contributed by atoms with Gasteiger partial charge >= 0.3 is 0 Å². The maximum absolute atomic E-state index is 12.1. The predicted molar refractivity (Wildman–Crippen MR) is 92.5 cm³/mol. The highest BCUT2D eigenvalue weighted by molar-refractivity contribution is 7.19. The summed E-state index contributed by atoms with van der Waals surface area (Å²) in [5.74, 6) is 0. The first-order chi connectivity index (χ1) is 11.6. The van der Waals surface area contributed by atoms with Crippen molar-refractivity contribution in [2.75, 3.05) is 0 Å². The Hall–Kier alpha value is -3.37. The molecule has 0 aliphatic rings. The molecule has 7 heteroatoms. The summed E-state index contributed by atoms with van der Waals surface area (Å²) in [6.45, 7) is 0. The molecule has 0 saturated heterocycles. The molecule has 0 amide bonds. The molecule has 6 nitrogen and oxygen atoms in total. The average Bonchev–Trinajstić information content (AvgIpc) is 2.60. The van der Waals surface area contributed by atoms with E-state index in [2.05, 4.69) is 4.98 Å². The average molecular weight is 335 g/mol. The van der Waals surface area contributed by atoms with Gasteiger partial charge in [-0.1, -0.05) is 24.3 Å². The molecule has 0 saturated carbocycles. The molecule has 1 aromatic heterocycles. The van der Waals surface area contributed by atoms with E-state index in [9.17, 15) is 20.2 Å². The van der Waals surface area contributed by atoms with Crippen LogP contribution in [0.5, 0.6) is 0 Å². The van der Waals surface area contributed by atoms with E-state index in [-0.39, 0.29) is 16.3 Å². The highest BCUT2D eigenvalue weighted by Gasteiger charge is 2.10. The summed E-state index contributed by atoms with van der Waals surface area (Å²) in [5, 5.41) is 21.0. The number of nitrogens with zero attached hydrogens (tertiary/aromatic N) is 3. The maximum atomic E-state index is 12.1. The van der Waals surface area contributed by atoms with Crippen LogP contribution in [0.1, 0.15) is 10.6 Å². The highest BCUT2D eigenvalue weighted by atomic mass is 32.1. The molecule has 0 atom stereocenters. The summed E-state index contributed by atoms with van der Waals surface area (Å²) in [6, 6.07) is 14.9. The highest BCUT2D eigenvalue weighted by Crippen LogP contribution is 2.25. The predicted octanol–water partition coefficient (Wildman–Crippen LogP) is 3.63. The van der Waals surface area contributed by atoms with Crippen LogP contribution >= 0.6 is 11.3 Å². The van der Waals surface area contributed by atoms with Gasteiger partial charge in [0.05, 0.1) is 15.9 Å². The lowest BCUT2D eigenvalue weighted by Gasteiger charge is -2.01. The van der Waals surface area contributed by atoms with E-state index in [1.165, 1.54) is 35.6 Å². The second-order valence-corrected chi connectivity index (χ2v) is 5.87. The lowest BCUT2D eigenvalue weighted by molar-refractivity contribution is -0.384. The number of non-ortho nitro benzene ring substituents is 1. The van der Waals surface area contributed by atoms with Gasteiger partial charge in [0.25, 0.3) is 11.2 Å². The lowest BCUT2D eigenvalue weighted by atomic mass is 10.1. The zero-order valence-electron chi connectivity index (χ0n) is 12.2. The summed E-state index contributed by atoms with van der Waals surface area (Å²) in [4.78, 5) is 26.4. The minimum absolute atomic E-state index is 0.0688. The Morgan fingerprint density at radius 3 is 2.79 bits per heavy atom. The molecule has 0 unspecified atom stereocenters. The Balaban J connectivity index is 2.13. The maximum Gasteiger partial charge on any atom is 0.279 e. The number of aromatic nitrogens is 1. The van der Waals surface area contributed by atoms with Crippen molar-refractivity contribution in [1.29, 1.82) is 5.26 Å². The molecule has 24 heavy (non-hydrogen) atoms. The van der Waals surface area contributed by atoms with Crippen LogP contribution in [0, 0.1) is 21.4 Å². The number of nitro benzene ring substituents is 1. The van der Waals surface area contributed by atoms with Crippen LogP contribution in [0.4, 0.5) is 5.69 Å². The van der Waals surface area contributed by atoms with E-state index in [1.807, 2.05) is 6.07 Å². The first kappa shape index (κ1) is 15.5. The van der Waals surface area contributed by atoms with Crippen LogP contribution in [-0.2, 0) is 0 Å². The number of nitro groups is 1. The van der Waals surface area contributed by atoms with Gasteiger partial charge in [-0.05, 0) is 23.8 Å². The third-order valence-corrected chi connectivity index (χ3v) is 4.35. The number of hydrogen-bond donors (Lipinski definition) is 0. The monoisotopic (exact) mass is 335 g/mol. The molecule has 3 aromatic rings. The fourth-order valence-electron chi connectivity index (χ4n) is 2.16. The molecule has 116 valence electrons. The van der Waals surface area contributed by atoms with Crippen LogP contribution in [0.2, 0.25) is 0 Å². The van der Waals surface area contributed by atoms with Gasteiger partial charge in [-0.25, -0.2) is 0 Å². The number of hydrogen-bond acceptors (Lipinski definition) is 6. The first-order valence-electron chi connectivity index (χ1n) is 6.85. The smallest absolute Gasteiger partial charge is 0.267 e. The van der Waals surface area contributed by atoms with Crippen molar-refractivity contribution in [2.24, 2.45) is 0 Å².